The molecule has 210 valence electrons. The summed E-state index contributed by atoms with van der Waals surface area (Å²) in [6.45, 7) is 3.76. The molecule has 4 aliphatic carbocycles. The van der Waals surface area contributed by atoms with Crippen molar-refractivity contribution in [3.63, 3.8) is 0 Å². The highest BCUT2D eigenvalue weighted by atomic mass is 32.2. The molecule has 0 aromatic heterocycles. The predicted octanol–water partition coefficient (Wildman–Crippen LogP) is 5.43. The number of nitrogens with one attached hydrogen (secondary N) is 2. The fourth-order valence-corrected chi connectivity index (χ4v) is 9.84. The third-order valence-corrected chi connectivity index (χ3v) is 11.7. The molecule has 3 amide bonds. The van der Waals surface area contributed by atoms with Crippen molar-refractivity contribution in [3.05, 3.63) is 64.7 Å². The maximum absolute atomic E-state index is 13.1. The van der Waals surface area contributed by atoms with E-state index in [1.165, 1.54) is 49.7 Å². The van der Waals surface area contributed by atoms with E-state index >= 15 is 0 Å². The van der Waals surface area contributed by atoms with Gasteiger partial charge in [-0.05, 0) is 104 Å². The zero-order valence-corrected chi connectivity index (χ0v) is 24.1. The van der Waals surface area contributed by atoms with Gasteiger partial charge in [0, 0.05) is 41.8 Å². The Morgan fingerprint density at radius 3 is 2.33 bits per heavy atom. The molecule has 0 spiro atoms. The Hall–Kier alpha value is -2.64. The van der Waals surface area contributed by atoms with E-state index in [9.17, 15) is 14.4 Å². The third-order valence-electron chi connectivity index (χ3n) is 10.6. The number of fused-ring (bicyclic) bond motifs is 1. The Bertz CT molecular complexity index is 1300. The highest BCUT2D eigenvalue weighted by Gasteiger charge is 2.53. The first-order valence-corrected chi connectivity index (χ1v) is 16.1. The molecule has 2 N–H and O–H groups in total. The molecule has 0 radical (unpaired) electrons. The summed E-state index contributed by atoms with van der Waals surface area (Å²) < 4.78 is 0. The summed E-state index contributed by atoms with van der Waals surface area (Å²) >= 11 is 1.74. The fourth-order valence-electron chi connectivity index (χ4n) is 8.80. The summed E-state index contributed by atoms with van der Waals surface area (Å²) in [6.07, 6.45) is 9.43. The van der Waals surface area contributed by atoms with Crippen LogP contribution in [0.25, 0.3) is 0 Å². The topological polar surface area (TPSA) is 78.5 Å². The summed E-state index contributed by atoms with van der Waals surface area (Å²) in [5.74, 6) is 3.02. The van der Waals surface area contributed by atoms with Gasteiger partial charge in [0.05, 0.1) is 0 Å². The van der Waals surface area contributed by atoms with Gasteiger partial charge in [-0.3, -0.25) is 19.7 Å². The minimum atomic E-state index is -0.581. The van der Waals surface area contributed by atoms with E-state index in [2.05, 4.69) is 47.9 Å². The standard InChI is InChI=1S/C33H39N3O3S/c1-20(33-14-23-11-24(15-33)13-25(12-23)16-33)34-17-21-5-7-22(8-6-21)19-40-29-4-2-3-26-27(29)18-36(32(26)39)28-9-10-30(37)35-31(28)38/h2-8,20,23-25,28,34H,9-19H2,1H3,(H,35,37,38). The van der Waals surface area contributed by atoms with Crippen molar-refractivity contribution in [2.24, 2.45) is 23.2 Å². The van der Waals surface area contributed by atoms with Gasteiger partial charge in [-0.25, -0.2) is 0 Å². The number of thioether (sulfide) groups is 1. The Labute approximate surface area is 241 Å². The van der Waals surface area contributed by atoms with Crippen LogP contribution in [-0.4, -0.2) is 34.7 Å². The zero-order valence-electron chi connectivity index (χ0n) is 23.3. The molecular formula is C33H39N3O3S. The van der Waals surface area contributed by atoms with E-state index in [0.29, 0.717) is 30.0 Å². The maximum atomic E-state index is 13.1. The number of hydrogen-bond acceptors (Lipinski definition) is 5. The van der Waals surface area contributed by atoms with E-state index in [-0.39, 0.29) is 24.1 Å². The highest BCUT2D eigenvalue weighted by Crippen LogP contribution is 2.61. The number of nitrogens with zero attached hydrogens (tertiary/aromatic N) is 1. The molecule has 6 nitrogen and oxygen atoms in total. The van der Waals surface area contributed by atoms with Crippen LogP contribution >= 0.6 is 11.8 Å². The average Bonchev–Trinajstić information content (AvgIpc) is 3.27. The maximum Gasteiger partial charge on any atom is 0.255 e. The van der Waals surface area contributed by atoms with E-state index in [1.807, 2.05) is 12.1 Å². The van der Waals surface area contributed by atoms with Crippen LogP contribution in [0.5, 0.6) is 0 Å². The Morgan fingerprint density at radius 1 is 0.975 bits per heavy atom. The highest BCUT2D eigenvalue weighted by molar-refractivity contribution is 7.98. The minimum Gasteiger partial charge on any atom is -0.322 e. The normalized spacial score (nSPS) is 31.4. The number of rotatable bonds is 8. The van der Waals surface area contributed by atoms with Crippen molar-refractivity contribution in [2.45, 2.75) is 94.1 Å². The van der Waals surface area contributed by atoms with Crippen LogP contribution in [0.3, 0.4) is 0 Å². The molecule has 4 bridgehead atoms. The largest absolute Gasteiger partial charge is 0.322 e. The predicted molar refractivity (Wildman–Crippen MR) is 155 cm³/mol. The monoisotopic (exact) mass is 557 g/mol. The van der Waals surface area contributed by atoms with Crippen molar-refractivity contribution in [1.29, 1.82) is 0 Å². The van der Waals surface area contributed by atoms with Crippen LogP contribution in [-0.2, 0) is 28.4 Å². The summed E-state index contributed by atoms with van der Waals surface area (Å²) in [4.78, 5) is 39.8. The van der Waals surface area contributed by atoms with Gasteiger partial charge in [0.1, 0.15) is 6.04 Å². The molecular weight excluding hydrogens is 518 g/mol. The van der Waals surface area contributed by atoms with Crippen LogP contribution < -0.4 is 10.6 Å². The molecule has 8 rings (SSSR count). The Balaban J connectivity index is 0.953. The minimum absolute atomic E-state index is 0.119. The van der Waals surface area contributed by atoms with E-state index in [1.54, 1.807) is 16.7 Å². The number of amides is 3. The summed E-state index contributed by atoms with van der Waals surface area (Å²) in [7, 11) is 0. The Morgan fingerprint density at radius 2 is 1.65 bits per heavy atom. The van der Waals surface area contributed by atoms with Crippen molar-refractivity contribution in [3.8, 4) is 0 Å². The van der Waals surface area contributed by atoms with Crippen molar-refractivity contribution < 1.29 is 14.4 Å². The lowest BCUT2D eigenvalue weighted by atomic mass is 9.48. The van der Waals surface area contributed by atoms with Gasteiger partial charge >= 0.3 is 0 Å². The third kappa shape index (κ3) is 4.79. The lowest BCUT2D eigenvalue weighted by Gasteiger charge is -2.59. The first-order chi connectivity index (χ1) is 19.4. The van der Waals surface area contributed by atoms with E-state index in [0.717, 1.165) is 40.5 Å². The van der Waals surface area contributed by atoms with Crippen molar-refractivity contribution >= 4 is 29.5 Å². The SMILES string of the molecule is CC(NCc1ccc(CSc2cccc3c2CN(C2CCC(=O)NC2=O)C3=O)cc1)C12CC3CC(CC(C3)C1)C2. The fraction of sp³-hybridized carbons (Fsp3) is 0.545. The first-order valence-electron chi connectivity index (χ1n) is 15.1. The number of piperidine rings is 1. The molecule has 6 aliphatic rings. The van der Waals surface area contributed by atoms with Crippen molar-refractivity contribution in [1.82, 2.24) is 15.5 Å². The number of imide groups is 1. The van der Waals surface area contributed by atoms with Crippen LogP contribution in [0, 0.1) is 23.2 Å². The summed E-state index contributed by atoms with van der Waals surface area (Å²) in [5, 5.41) is 6.30. The second-order valence-corrected chi connectivity index (χ2v) is 14.2. The lowest BCUT2D eigenvalue weighted by molar-refractivity contribution is -0.136. The van der Waals surface area contributed by atoms with E-state index < -0.39 is 6.04 Å². The van der Waals surface area contributed by atoms with Crippen LogP contribution in [0.15, 0.2) is 47.4 Å². The molecule has 2 unspecified atom stereocenters. The number of benzene rings is 2. The molecule has 1 saturated heterocycles. The van der Waals surface area contributed by atoms with E-state index in [4.69, 9.17) is 0 Å². The molecule has 5 fully saturated rings. The number of carbonyl (C=O) groups is 3. The van der Waals surface area contributed by atoms with Crippen LogP contribution in [0.2, 0.25) is 0 Å². The van der Waals surface area contributed by atoms with Gasteiger partial charge in [-0.2, -0.15) is 0 Å². The average molecular weight is 558 g/mol. The van der Waals surface area contributed by atoms with Gasteiger partial charge in [0.25, 0.3) is 5.91 Å². The second-order valence-electron chi connectivity index (χ2n) is 13.2. The molecule has 4 saturated carbocycles. The van der Waals surface area contributed by atoms with Crippen molar-refractivity contribution in [2.75, 3.05) is 0 Å². The molecule has 40 heavy (non-hydrogen) atoms. The molecule has 2 aliphatic heterocycles. The molecule has 2 aromatic rings. The molecule has 2 heterocycles. The second kappa shape index (κ2) is 10.3. The quantitative estimate of drug-likeness (QED) is 0.334. The Kier molecular flexibility index (Phi) is 6.78. The molecule has 7 heteroatoms. The summed E-state index contributed by atoms with van der Waals surface area (Å²) in [6, 6.07) is 14.8. The van der Waals surface area contributed by atoms with Gasteiger partial charge in [0.2, 0.25) is 11.8 Å². The summed E-state index contributed by atoms with van der Waals surface area (Å²) in [5.41, 5.74) is 4.77. The first kappa shape index (κ1) is 26.3. The molecule has 2 aromatic carbocycles. The smallest absolute Gasteiger partial charge is 0.255 e. The van der Waals surface area contributed by atoms with Gasteiger partial charge in [-0.15, -0.1) is 11.8 Å². The number of carbonyl (C=O) groups excluding carboxylic acids is 3. The van der Waals surface area contributed by atoms with Gasteiger partial charge < -0.3 is 10.2 Å². The lowest BCUT2D eigenvalue weighted by Crippen LogP contribution is -2.54. The van der Waals surface area contributed by atoms with Crippen LogP contribution in [0.4, 0.5) is 0 Å². The number of hydrogen-bond donors (Lipinski definition) is 2. The van der Waals surface area contributed by atoms with Gasteiger partial charge in [-0.1, -0.05) is 30.3 Å². The molecule has 2 atom stereocenters. The van der Waals surface area contributed by atoms with Gasteiger partial charge in [0.15, 0.2) is 0 Å². The zero-order chi connectivity index (χ0) is 27.4. The van der Waals surface area contributed by atoms with Crippen LogP contribution in [0.1, 0.15) is 85.3 Å².